The maximum absolute atomic E-state index is 11.8. The molecule has 20 heavy (non-hydrogen) atoms. The van der Waals surface area contributed by atoms with E-state index in [2.05, 4.69) is 0 Å². The standard InChI is InChI=1S/C16H18O4/c1-4-18-15(17)16(2,3)20-13-9-7-12(8-10-13)14-6-5-11-19-14/h5-11H,4H2,1-3H3. The maximum Gasteiger partial charge on any atom is 0.349 e. The molecule has 0 aliphatic heterocycles. The molecule has 2 aromatic rings. The number of esters is 1. The van der Waals surface area contributed by atoms with Crippen LogP contribution in [0.3, 0.4) is 0 Å². The molecule has 0 fully saturated rings. The number of rotatable bonds is 5. The predicted octanol–water partition coefficient (Wildman–Crippen LogP) is 3.67. The Balaban J connectivity index is 2.09. The van der Waals surface area contributed by atoms with Crippen LogP contribution < -0.4 is 4.74 Å². The molecule has 0 aliphatic rings. The Morgan fingerprint density at radius 3 is 2.45 bits per heavy atom. The third kappa shape index (κ3) is 3.20. The van der Waals surface area contributed by atoms with Gasteiger partial charge in [0.15, 0.2) is 5.60 Å². The highest BCUT2D eigenvalue weighted by Gasteiger charge is 2.31. The molecular weight excluding hydrogens is 256 g/mol. The van der Waals surface area contributed by atoms with Crippen molar-refractivity contribution in [2.45, 2.75) is 26.4 Å². The highest BCUT2D eigenvalue weighted by molar-refractivity contribution is 5.79. The molecule has 0 saturated heterocycles. The molecule has 0 amide bonds. The van der Waals surface area contributed by atoms with Crippen molar-refractivity contribution in [3.63, 3.8) is 0 Å². The van der Waals surface area contributed by atoms with E-state index in [1.165, 1.54) is 0 Å². The van der Waals surface area contributed by atoms with Crippen LogP contribution in [0.1, 0.15) is 20.8 Å². The van der Waals surface area contributed by atoms with E-state index in [-0.39, 0.29) is 5.97 Å². The van der Waals surface area contributed by atoms with Crippen LogP contribution in [0, 0.1) is 0 Å². The first-order chi connectivity index (χ1) is 9.53. The summed E-state index contributed by atoms with van der Waals surface area (Å²) in [4.78, 5) is 11.8. The molecule has 0 bridgehead atoms. The van der Waals surface area contributed by atoms with Gasteiger partial charge in [0.1, 0.15) is 11.5 Å². The number of hydrogen-bond donors (Lipinski definition) is 0. The second-order valence-electron chi connectivity index (χ2n) is 4.83. The van der Waals surface area contributed by atoms with Gasteiger partial charge in [0.05, 0.1) is 12.9 Å². The molecule has 2 rings (SSSR count). The van der Waals surface area contributed by atoms with Crippen molar-refractivity contribution < 1.29 is 18.7 Å². The highest BCUT2D eigenvalue weighted by atomic mass is 16.6. The van der Waals surface area contributed by atoms with Crippen LogP contribution in [0.4, 0.5) is 0 Å². The average molecular weight is 274 g/mol. The van der Waals surface area contributed by atoms with E-state index in [1.807, 2.05) is 24.3 Å². The molecule has 1 aromatic carbocycles. The third-order valence-corrected chi connectivity index (χ3v) is 2.80. The first-order valence-corrected chi connectivity index (χ1v) is 6.53. The van der Waals surface area contributed by atoms with Gasteiger partial charge >= 0.3 is 5.97 Å². The molecule has 0 unspecified atom stereocenters. The lowest BCUT2D eigenvalue weighted by Gasteiger charge is -2.24. The summed E-state index contributed by atoms with van der Waals surface area (Å²) in [6, 6.07) is 11.1. The van der Waals surface area contributed by atoms with E-state index >= 15 is 0 Å². The second kappa shape index (κ2) is 5.82. The van der Waals surface area contributed by atoms with Crippen molar-refractivity contribution in [3.05, 3.63) is 42.7 Å². The lowest BCUT2D eigenvalue weighted by Crippen LogP contribution is -2.39. The number of ether oxygens (including phenoxy) is 2. The first kappa shape index (κ1) is 14.2. The molecule has 4 nitrogen and oxygen atoms in total. The normalized spacial score (nSPS) is 11.2. The van der Waals surface area contributed by atoms with E-state index in [1.54, 1.807) is 39.2 Å². The minimum atomic E-state index is -1.01. The molecule has 1 aromatic heterocycles. The van der Waals surface area contributed by atoms with Crippen molar-refractivity contribution in [2.75, 3.05) is 6.61 Å². The minimum absolute atomic E-state index is 0.336. The number of furan rings is 1. The van der Waals surface area contributed by atoms with E-state index in [0.29, 0.717) is 12.4 Å². The van der Waals surface area contributed by atoms with Gasteiger partial charge in [-0.2, -0.15) is 0 Å². The molecular formula is C16H18O4. The van der Waals surface area contributed by atoms with Crippen molar-refractivity contribution in [1.82, 2.24) is 0 Å². The Labute approximate surface area is 118 Å². The number of carbonyl (C=O) groups is 1. The van der Waals surface area contributed by atoms with Crippen LogP contribution in [0.15, 0.2) is 47.1 Å². The van der Waals surface area contributed by atoms with Crippen LogP contribution in [0.2, 0.25) is 0 Å². The van der Waals surface area contributed by atoms with Crippen LogP contribution in [0.25, 0.3) is 11.3 Å². The van der Waals surface area contributed by atoms with Crippen LogP contribution in [-0.4, -0.2) is 18.2 Å². The molecule has 0 spiro atoms. The lowest BCUT2D eigenvalue weighted by molar-refractivity contribution is -0.158. The lowest BCUT2D eigenvalue weighted by atomic mass is 10.1. The summed E-state index contributed by atoms with van der Waals surface area (Å²) in [5.41, 5.74) is -0.0568. The second-order valence-corrected chi connectivity index (χ2v) is 4.83. The van der Waals surface area contributed by atoms with Crippen LogP contribution >= 0.6 is 0 Å². The van der Waals surface area contributed by atoms with Crippen LogP contribution in [-0.2, 0) is 9.53 Å². The molecule has 106 valence electrons. The zero-order valence-electron chi connectivity index (χ0n) is 11.9. The SMILES string of the molecule is CCOC(=O)C(C)(C)Oc1ccc(-c2ccco2)cc1. The molecule has 0 radical (unpaired) electrons. The molecule has 0 atom stereocenters. The Hall–Kier alpha value is -2.23. The average Bonchev–Trinajstić information content (AvgIpc) is 2.93. The fraction of sp³-hybridized carbons (Fsp3) is 0.312. The van der Waals surface area contributed by atoms with Gasteiger partial charge in [-0.15, -0.1) is 0 Å². The maximum atomic E-state index is 11.8. The van der Waals surface area contributed by atoms with E-state index in [9.17, 15) is 4.79 Å². The summed E-state index contributed by atoms with van der Waals surface area (Å²) in [6.07, 6.45) is 1.63. The Morgan fingerprint density at radius 1 is 1.20 bits per heavy atom. The van der Waals surface area contributed by atoms with E-state index in [0.717, 1.165) is 11.3 Å². The number of carbonyl (C=O) groups excluding carboxylic acids is 1. The molecule has 0 saturated carbocycles. The number of hydrogen-bond acceptors (Lipinski definition) is 4. The predicted molar refractivity (Wildman–Crippen MR) is 75.5 cm³/mol. The molecule has 0 aliphatic carbocycles. The van der Waals surface area contributed by atoms with E-state index in [4.69, 9.17) is 13.9 Å². The van der Waals surface area contributed by atoms with Gasteiger partial charge < -0.3 is 13.9 Å². The fourth-order valence-electron chi connectivity index (χ4n) is 1.77. The monoisotopic (exact) mass is 274 g/mol. The van der Waals surface area contributed by atoms with Gasteiger partial charge in [0.2, 0.25) is 0 Å². The largest absolute Gasteiger partial charge is 0.476 e. The van der Waals surface area contributed by atoms with Gasteiger partial charge in [0, 0.05) is 5.56 Å². The quantitative estimate of drug-likeness (QED) is 0.780. The molecule has 1 heterocycles. The summed E-state index contributed by atoms with van der Waals surface area (Å²) < 4.78 is 16.0. The molecule has 4 heteroatoms. The minimum Gasteiger partial charge on any atom is -0.476 e. The summed E-state index contributed by atoms with van der Waals surface area (Å²) in [5, 5.41) is 0. The zero-order chi connectivity index (χ0) is 14.6. The van der Waals surface area contributed by atoms with Crippen LogP contribution in [0.5, 0.6) is 5.75 Å². The van der Waals surface area contributed by atoms with Crippen molar-refractivity contribution in [3.8, 4) is 17.1 Å². The topological polar surface area (TPSA) is 48.7 Å². The van der Waals surface area contributed by atoms with Gasteiger partial charge in [-0.1, -0.05) is 0 Å². The molecule has 0 N–H and O–H groups in total. The van der Waals surface area contributed by atoms with Crippen molar-refractivity contribution in [2.24, 2.45) is 0 Å². The summed E-state index contributed by atoms with van der Waals surface area (Å²) in [6.45, 7) is 5.48. The van der Waals surface area contributed by atoms with Gasteiger partial charge in [-0.05, 0) is 57.2 Å². The van der Waals surface area contributed by atoms with Gasteiger partial charge in [-0.3, -0.25) is 0 Å². The first-order valence-electron chi connectivity index (χ1n) is 6.53. The Kier molecular flexibility index (Phi) is 4.13. The Bertz CT molecular complexity index is 553. The highest BCUT2D eigenvalue weighted by Crippen LogP contribution is 2.25. The smallest absolute Gasteiger partial charge is 0.349 e. The van der Waals surface area contributed by atoms with Gasteiger partial charge in [-0.25, -0.2) is 4.79 Å². The third-order valence-electron chi connectivity index (χ3n) is 2.80. The Morgan fingerprint density at radius 2 is 1.90 bits per heavy atom. The summed E-state index contributed by atoms with van der Waals surface area (Å²) in [5.74, 6) is 1.02. The zero-order valence-corrected chi connectivity index (χ0v) is 11.9. The number of benzene rings is 1. The van der Waals surface area contributed by atoms with Crippen molar-refractivity contribution in [1.29, 1.82) is 0 Å². The van der Waals surface area contributed by atoms with Gasteiger partial charge in [0.25, 0.3) is 0 Å². The van der Waals surface area contributed by atoms with Crippen molar-refractivity contribution >= 4 is 5.97 Å². The fourth-order valence-corrected chi connectivity index (χ4v) is 1.77. The van der Waals surface area contributed by atoms with E-state index < -0.39 is 5.60 Å². The summed E-state index contributed by atoms with van der Waals surface area (Å²) in [7, 11) is 0. The summed E-state index contributed by atoms with van der Waals surface area (Å²) >= 11 is 0.